The van der Waals surface area contributed by atoms with Crippen molar-refractivity contribution < 1.29 is 13.5 Å². The van der Waals surface area contributed by atoms with Crippen LogP contribution >= 0.6 is 0 Å². The zero-order chi connectivity index (χ0) is 16.2. The molecule has 1 aromatic carbocycles. The number of fused-ring (bicyclic) bond motifs is 2. The van der Waals surface area contributed by atoms with Crippen LogP contribution in [-0.2, 0) is 20.9 Å². The van der Waals surface area contributed by atoms with Gasteiger partial charge in [-0.05, 0) is 42.2 Å². The largest absolute Gasteiger partial charge is 0.385 e. The molecule has 122 valence electrons. The van der Waals surface area contributed by atoms with Crippen molar-refractivity contribution in [3.63, 3.8) is 0 Å². The van der Waals surface area contributed by atoms with E-state index in [1.54, 1.807) is 0 Å². The van der Waals surface area contributed by atoms with E-state index in [1.807, 2.05) is 12.1 Å². The first kappa shape index (κ1) is 16.0. The lowest BCUT2D eigenvalue weighted by molar-refractivity contribution is 0.00490. The molecule has 2 saturated heterocycles. The predicted octanol–water partition coefficient (Wildman–Crippen LogP) is 3.30. The van der Waals surface area contributed by atoms with Gasteiger partial charge in [0.05, 0.1) is 16.1 Å². The Labute approximate surface area is 133 Å². The van der Waals surface area contributed by atoms with Crippen LogP contribution in [0.1, 0.15) is 64.0 Å². The van der Waals surface area contributed by atoms with Crippen LogP contribution in [0.5, 0.6) is 0 Å². The summed E-state index contributed by atoms with van der Waals surface area (Å²) < 4.78 is 24.9. The van der Waals surface area contributed by atoms with Crippen molar-refractivity contribution in [3.8, 4) is 0 Å². The molecule has 2 aliphatic heterocycles. The van der Waals surface area contributed by atoms with E-state index >= 15 is 0 Å². The van der Waals surface area contributed by atoms with Gasteiger partial charge >= 0.3 is 0 Å². The first-order valence-electron chi connectivity index (χ1n) is 8.19. The maximum atomic E-state index is 12.4. The third-order valence-electron chi connectivity index (χ3n) is 5.38. The van der Waals surface area contributed by atoms with Crippen molar-refractivity contribution in [1.29, 1.82) is 0 Å². The Morgan fingerprint density at radius 3 is 2.27 bits per heavy atom. The van der Waals surface area contributed by atoms with Crippen LogP contribution < -0.4 is 0 Å². The van der Waals surface area contributed by atoms with E-state index in [4.69, 9.17) is 0 Å². The van der Waals surface area contributed by atoms with E-state index in [0.29, 0.717) is 25.7 Å². The number of rotatable bonds is 1. The first-order valence-corrected chi connectivity index (χ1v) is 9.80. The van der Waals surface area contributed by atoms with Crippen molar-refractivity contribution in [2.75, 3.05) is 0 Å². The van der Waals surface area contributed by atoms with Gasteiger partial charge in [-0.2, -0.15) is 0 Å². The zero-order valence-corrected chi connectivity index (χ0v) is 14.5. The van der Waals surface area contributed by atoms with Crippen molar-refractivity contribution in [2.24, 2.45) is 0 Å². The Kier molecular flexibility index (Phi) is 3.69. The molecule has 1 N–H and O–H groups in total. The SMILES string of the molecule is CC(C)(C)c1cccc(C2(O)CC3CCCC(C2)S3(=O)=O)c1. The molecule has 0 saturated carbocycles. The summed E-state index contributed by atoms with van der Waals surface area (Å²) in [6, 6.07) is 8.07. The molecule has 0 spiro atoms. The lowest BCUT2D eigenvalue weighted by atomic mass is 9.78. The summed E-state index contributed by atoms with van der Waals surface area (Å²) in [7, 11) is -3.04. The summed E-state index contributed by atoms with van der Waals surface area (Å²) in [6.07, 6.45) is 3.05. The first-order chi connectivity index (χ1) is 10.1. The highest BCUT2D eigenvalue weighted by atomic mass is 32.2. The Morgan fingerprint density at radius 1 is 1.14 bits per heavy atom. The summed E-state index contributed by atoms with van der Waals surface area (Å²) >= 11 is 0. The number of aliphatic hydroxyl groups is 1. The number of benzene rings is 1. The van der Waals surface area contributed by atoms with Crippen LogP contribution in [0.4, 0.5) is 0 Å². The minimum atomic E-state index is -3.04. The van der Waals surface area contributed by atoms with Crippen LogP contribution in [0, 0.1) is 0 Å². The Morgan fingerprint density at radius 2 is 1.73 bits per heavy atom. The van der Waals surface area contributed by atoms with Gasteiger partial charge in [0.2, 0.25) is 0 Å². The molecule has 2 aliphatic rings. The minimum absolute atomic E-state index is 0.0168. The molecule has 22 heavy (non-hydrogen) atoms. The fraction of sp³-hybridized carbons (Fsp3) is 0.667. The number of hydrogen-bond donors (Lipinski definition) is 1. The molecular formula is C18H26O3S. The minimum Gasteiger partial charge on any atom is -0.385 e. The molecule has 1 aromatic rings. The van der Waals surface area contributed by atoms with Gasteiger partial charge in [-0.3, -0.25) is 0 Å². The van der Waals surface area contributed by atoms with Crippen LogP contribution in [0.2, 0.25) is 0 Å². The van der Waals surface area contributed by atoms with Crippen molar-refractivity contribution >= 4 is 9.84 Å². The molecule has 0 amide bonds. The average molecular weight is 322 g/mol. The smallest absolute Gasteiger partial charge is 0.156 e. The van der Waals surface area contributed by atoms with Gasteiger partial charge in [0, 0.05) is 0 Å². The number of sulfone groups is 1. The second-order valence-corrected chi connectivity index (χ2v) is 10.5. The van der Waals surface area contributed by atoms with Crippen molar-refractivity contribution in [2.45, 2.75) is 74.4 Å². The Balaban J connectivity index is 1.99. The molecule has 0 aromatic heterocycles. The van der Waals surface area contributed by atoms with Crippen LogP contribution in [-0.4, -0.2) is 24.0 Å². The topological polar surface area (TPSA) is 54.4 Å². The van der Waals surface area contributed by atoms with E-state index in [2.05, 4.69) is 32.9 Å². The molecule has 2 atom stereocenters. The van der Waals surface area contributed by atoms with Crippen LogP contribution in [0.15, 0.2) is 24.3 Å². The van der Waals surface area contributed by atoms with E-state index < -0.39 is 15.4 Å². The van der Waals surface area contributed by atoms with E-state index in [1.165, 1.54) is 5.56 Å². The van der Waals surface area contributed by atoms with Gasteiger partial charge < -0.3 is 5.11 Å². The van der Waals surface area contributed by atoms with Crippen LogP contribution in [0.3, 0.4) is 0 Å². The molecule has 2 unspecified atom stereocenters. The molecule has 0 radical (unpaired) electrons. The number of hydrogen-bond acceptors (Lipinski definition) is 3. The highest BCUT2D eigenvalue weighted by Crippen LogP contribution is 2.46. The van der Waals surface area contributed by atoms with Gasteiger partial charge in [-0.1, -0.05) is 51.5 Å². The average Bonchev–Trinajstić information content (AvgIpc) is 2.40. The second kappa shape index (κ2) is 5.07. The highest BCUT2D eigenvalue weighted by molar-refractivity contribution is 7.92. The molecule has 2 fully saturated rings. The van der Waals surface area contributed by atoms with E-state index in [-0.39, 0.29) is 15.9 Å². The van der Waals surface area contributed by atoms with Gasteiger partial charge in [0.1, 0.15) is 0 Å². The molecule has 3 rings (SSSR count). The van der Waals surface area contributed by atoms with Gasteiger partial charge in [0.15, 0.2) is 9.84 Å². The maximum Gasteiger partial charge on any atom is 0.156 e. The molecule has 2 heterocycles. The molecule has 3 nitrogen and oxygen atoms in total. The van der Waals surface area contributed by atoms with Crippen molar-refractivity contribution in [3.05, 3.63) is 35.4 Å². The Hall–Kier alpha value is -0.870. The lowest BCUT2D eigenvalue weighted by Crippen LogP contribution is -2.50. The summed E-state index contributed by atoms with van der Waals surface area (Å²) in [5, 5.41) is 10.5. The van der Waals surface area contributed by atoms with E-state index in [9.17, 15) is 13.5 Å². The zero-order valence-electron chi connectivity index (χ0n) is 13.7. The third-order valence-corrected chi connectivity index (χ3v) is 8.04. The fourth-order valence-corrected chi connectivity index (χ4v) is 6.51. The summed E-state index contributed by atoms with van der Waals surface area (Å²) in [6.45, 7) is 6.45. The van der Waals surface area contributed by atoms with Crippen molar-refractivity contribution in [1.82, 2.24) is 0 Å². The van der Waals surface area contributed by atoms with Crippen LogP contribution in [0.25, 0.3) is 0 Å². The standard InChI is InChI=1S/C18H26O3S/c1-17(2,3)13-6-4-7-14(10-13)18(19)11-15-8-5-9-16(12-18)22(15,20)21/h4,6-7,10,15-16,19H,5,8-9,11-12H2,1-3H3. The quantitative estimate of drug-likeness (QED) is 0.863. The van der Waals surface area contributed by atoms with Gasteiger partial charge in [-0.15, -0.1) is 0 Å². The summed E-state index contributed by atoms with van der Waals surface area (Å²) in [5.74, 6) is 0. The molecule has 2 bridgehead atoms. The maximum absolute atomic E-state index is 12.4. The Bertz CT molecular complexity index is 650. The lowest BCUT2D eigenvalue weighted by Gasteiger charge is -2.44. The second-order valence-electron chi connectivity index (χ2n) is 8.03. The fourth-order valence-electron chi connectivity index (χ4n) is 3.96. The monoisotopic (exact) mass is 322 g/mol. The van der Waals surface area contributed by atoms with Gasteiger partial charge in [0.25, 0.3) is 0 Å². The van der Waals surface area contributed by atoms with E-state index in [0.717, 1.165) is 12.0 Å². The molecule has 4 heteroatoms. The third kappa shape index (κ3) is 2.61. The summed E-state index contributed by atoms with van der Waals surface area (Å²) in [4.78, 5) is 0. The molecular weight excluding hydrogens is 296 g/mol. The normalized spacial score (nSPS) is 34.4. The molecule has 0 aliphatic carbocycles. The van der Waals surface area contributed by atoms with Gasteiger partial charge in [-0.25, -0.2) is 8.42 Å². The summed E-state index contributed by atoms with van der Waals surface area (Å²) in [5.41, 5.74) is 1.08. The highest BCUT2D eigenvalue weighted by Gasteiger charge is 2.50. The predicted molar refractivity (Wildman–Crippen MR) is 88.6 cm³/mol.